The number of amides is 2. The number of fused-ring (bicyclic) bond motifs is 1. The highest BCUT2D eigenvalue weighted by Gasteiger charge is 2.53. The first-order valence-corrected chi connectivity index (χ1v) is 8.15. The summed E-state index contributed by atoms with van der Waals surface area (Å²) >= 11 is 1.72. The average Bonchev–Trinajstić information content (AvgIpc) is 3.07. The van der Waals surface area contributed by atoms with Gasteiger partial charge < -0.3 is 14.2 Å². The van der Waals surface area contributed by atoms with Crippen LogP contribution in [-0.2, 0) is 16.1 Å². The molecule has 0 bridgehead atoms. The summed E-state index contributed by atoms with van der Waals surface area (Å²) in [6.07, 6.45) is 3.03. The Bertz CT molecular complexity index is 585. The molecule has 3 rings (SSSR count). The van der Waals surface area contributed by atoms with Gasteiger partial charge in [-0.3, -0.25) is 9.59 Å². The van der Waals surface area contributed by atoms with E-state index in [2.05, 4.69) is 6.92 Å². The number of hydrogen-bond acceptors (Lipinski definition) is 4. The van der Waals surface area contributed by atoms with Gasteiger partial charge in [-0.2, -0.15) is 0 Å². The lowest BCUT2D eigenvalue weighted by molar-refractivity contribution is -0.143. The summed E-state index contributed by atoms with van der Waals surface area (Å²) in [6.45, 7) is 4.47. The summed E-state index contributed by atoms with van der Waals surface area (Å²) in [6, 6.07) is 1.56. The summed E-state index contributed by atoms with van der Waals surface area (Å²) in [5.74, 6) is 1.64. The van der Waals surface area contributed by atoms with Gasteiger partial charge in [0.15, 0.2) is 0 Å². The zero-order chi connectivity index (χ0) is 15.2. The molecule has 2 fully saturated rings. The Labute approximate surface area is 128 Å². The quantitative estimate of drug-likeness (QED) is 0.857. The highest BCUT2D eigenvalue weighted by molar-refractivity contribution is 8.01. The second-order valence-corrected chi connectivity index (χ2v) is 7.46. The molecule has 114 valence electrons. The fraction of sp³-hybridized carbons (Fsp3) is 0.600. The number of aryl methyl sites for hydroxylation is 1. The maximum Gasteiger partial charge on any atom is 0.246 e. The Morgan fingerprint density at radius 1 is 1.62 bits per heavy atom. The van der Waals surface area contributed by atoms with E-state index in [0.29, 0.717) is 18.7 Å². The zero-order valence-electron chi connectivity index (χ0n) is 12.6. The minimum Gasteiger partial charge on any atom is -0.469 e. The van der Waals surface area contributed by atoms with E-state index >= 15 is 0 Å². The van der Waals surface area contributed by atoms with Crippen LogP contribution >= 0.6 is 11.8 Å². The Hall–Kier alpha value is -1.43. The van der Waals surface area contributed by atoms with Crippen LogP contribution in [0.15, 0.2) is 16.7 Å². The lowest BCUT2D eigenvalue weighted by Crippen LogP contribution is -2.50. The van der Waals surface area contributed by atoms with Crippen molar-refractivity contribution in [3.05, 3.63) is 23.7 Å². The third kappa shape index (κ3) is 2.35. The van der Waals surface area contributed by atoms with E-state index in [1.165, 1.54) is 0 Å². The summed E-state index contributed by atoms with van der Waals surface area (Å²) < 4.78 is 5.27. The molecule has 0 aliphatic carbocycles. The van der Waals surface area contributed by atoms with Gasteiger partial charge in [-0.05, 0) is 26.3 Å². The number of furan rings is 1. The Morgan fingerprint density at radius 2 is 2.38 bits per heavy atom. The number of carbonyl (C=O) groups is 2. The minimum atomic E-state index is -0.327. The molecular weight excluding hydrogens is 288 g/mol. The van der Waals surface area contributed by atoms with Crippen LogP contribution in [0.25, 0.3) is 0 Å². The first-order valence-electron chi connectivity index (χ1n) is 7.16. The van der Waals surface area contributed by atoms with Gasteiger partial charge in [0, 0.05) is 31.3 Å². The van der Waals surface area contributed by atoms with Crippen LogP contribution in [0.3, 0.4) is 0 Å². The summed E-state index contributed by atoms with van der Waals surface area (Å²) in [5, 5.41) is 0. The molecule has 2 atom stereocenters. The van der Waals surface area contributed by atoms with Crippen molar-refractivity contribution >= 4 is 23.6 Å². The van der Waals surface area contributed by atoms with Gasteiger partial charge >= 0.3 is 0 Å². The molecule has 0 N–H and O–H groups in total. The first-order chi connectivity index (χ1) is 9.92. The number of nitrogens with zero attached hydrogens (tertiary/aromatic N) is 2. The Balaban J connectivity index is 1.73. The van der Waals surface area contributed by atoms with Crippen molar-refractivity contribution in [3.8, 4) is 0 Å². The molecule has 2 unspecified atom stereocenters. The zero-order valence-corrected chi connectivity index (χ0v) is 13.4. The van der Waals surface area contributed by atoms with E-state index < -0.39 is 0 Å². The lowest BCUT2D eigenvalue weighted by Gasteiger charge is -2.31. The third-order valence-corrected chi connectivity index (χ3v) is 5.99. The van der Waals surface area contributed by atoms with Gasteiger partial charge in [0.1, 0.15) is 11.8 Å². The summed E-state index contributed by atoms with van der Waals surface area (Å²) in [4.78, 5) is 28.1. The molecule has 2 amide bonds. The van der Waals surface area contributed by atoms with E-state index in [0.717, 1.165) is 17.7 Å². The topological polar surface area (TPSA) is 53.8 Å². The van der Waals surface area contributed by atoms with Crippen LogP contribution in [0, 0.1) is 6.92 Å². The predicted octanol–water partition coefficient (Wildman–Crippen LogP) is 2.00. The van der Waals surface area contributed by atoms with Crippen molar-refractivity contribution in [2.75, 3.05) is 12.8 Å². The first kappa shape index (κ1) is 14.5. The number of hydrogen-bond donors (Lipinski definition) is 0. The molecule has 0 radical (unpaired) electrons. The summed E-state index contributed by atoms with van der Waals surface area (Å²) in [7, 11) is 1.79. The normalized spacial score (nSPS) is 28.0. The van der Waals surface area contributed by atoms with E-state index in [1.54, 1.807) is 34.9 Å². The fourth-order valence-electron chi connectivity index (χ4n) is 3.17. The molecular formula is C15H20N2O3S. The molecule has 6 heteroatoms. The second kappa shape index (κ2) is 5.09. The Morgan fingerprint density at radius 3 is 3.05 bits per heavy atom. The monoisotopic (exact) mass is 308 g/mol. The van der Waals surface area contributed by atoms with Crippen LogP contribution in [0.4, 0.5) is 0 Å². The minimum absolute atomic E-state index is 0.0158. The van der Waals surface area contributed by atoms with Crippen molar-refractivity contribution in [2.45, 2.75) is 44.1 Å². The van der Waals surface area contributed by atoms with Gasteiger partial charge in [0.25, 0.3) is 0 Å². The van der Waals surface area contributed by atoms with Gasteiger partial charge in [0.05, 0.1) is 11.1 Å². The van der Waals surface area contributed by atoms with E-state index in [-0.39, 0.29) is 22.7 Å². The number of carbonyl (C=O) groups excluding carboxylic acids is 2. The van der Waals surface area contributed by atoms with Crippen molar-refractivity contribution in [1.82, 2.24) is 9.80 Å². The third-order valence-electron chi connectivity index (χ3n) is 4.48. The van der Waals surface area contributed by atoms with Gasteiger partial charge in [-0.25, -0.2) is 0 Å². The molecule has 0 aromatic carbocycles. The molecule has 2 aliphatic rings. The lowest BCUT2D eigenvalue weighted by atomic mass is 10.2. The van der Waals surface area contributed by atoms with Gasteiger partial charge in [-0.15, -0.1) is 11.8 Å². The van der Waals surface area contributed by atoms with E-state index in [9.17, 15) is 9.59 Å². The van der Waals surface area contributed by atoms with Crippen molar-refractivity contribution in [3.63, 3.8) is 0 Å². The molecule has 0 saturated carbocycles. The average molecular weight is 308 g/mol. The second-order valence-electron chi connectivity index (χ2n) is 5.96. The van der Waals surface area contributed by atoms with Crippen LogP contribution in [0.2, 0.25) is 0 Å². The summed E-state index contributed by atoms with van der Waals surface area (Å²) in [5.41, 5.74) is 1.01. The molecule has 2 saturated heterocycles. The smallest absolute Gasteiger partial charge is 0.246 e. The fourth-order valence-corrected chi connectivity index (χ4v) is 4.59. The van der Waals surface area contributed by atoms with Crippen molar-refractivity contribution < 1.29 is 14.0 Å². The molecule has 1 aromatic heterocycles. The van der Waals surface area contributed by atoms with Crippen molar-refractivity contribution in [2.24, 2.45) is 0 Å². The molecule has 1 aromatic rings. The van der Waals surface area contributed by atoms with E-state index in [1.807, 2.05) is 13.0 Å². The number of thioether (sulfide) groups is 1. The maximum atomic E-state index is 12.7. The maximum absolute atomic E-state index is 12.7. The molecule has 21 heavy (non-hydrogen) atoms. The van der Waals surface area contributed by atoms with Crippen LogP contribution in [-0.4, -0.2) is 45.3 Å². The molecule has 0 spiro atoms. The van der Waals surface area contributed by atoms with Crippen molar-refractivity contribution in [1.29, 1.82) is 0 Å². The predicted molar refractivity (Wildman–Crippen MR) is 80.7 cm³/mol. The van der Waals surface area contributed by atoms with Gasteiger partial charge in [0.2, 0.25) is 11.8 Å². The molecule has 3 heterocycles. The van der Waals surface area contributed by atoms with Crippen LogP contribution < -0.4 is 0 Å². The largest absolute Gasteiger partial charge is 0.469 e. The van der Waals surface area contributed by atoms with Gasteiger partial charge in [-0.1, -0.05) is 0 Å². The molecule has 2 aliphatic heterocycles. The highest BCUT2D eigenvalue weighted by Crippen LogP contribution is 2.47. The highest BCUT2D eigenvalue weighted by atomic mass is 32.2. The molecule has 5 nitrogen and oxygen atoms in total. The van der Waals surface area contributed by atoms with E-state index in [4.69, 9.17) is 4.42 Å². The standard InChI is InChI=1S/C15H20N2O3S/c1-10-11(5-7-20-10)8-16(3)14(19)12-9-21-15(2)6-4-13(18)17(12)15/h5,7,12H,4,6,8-9H2,1-3H3. The number of rotatable bonds is 3. The van der Waals surface area contributed by atoms with Crippen LogP contribution in [0.5, 0.6) is 0 Å². The number of likely N-dealkylation sites (N-methyl/N-ethyl adjacent to an activating group) is 1. The SMILES string of the molecule is Cc1occc1CN(C)C(=O)C1CSC2(C)CCC(=O)N12. The Kier molecular flexibility index (Phi) is 3.51. The van der Waals surface area contributed by atoms with Crippen LogP contribution in [0.1, 0.15) is 31.1 Å².